The second-order valence-corrected chi connectivity index (χ2v) is 4.27. The van der Waals surface area contributed by atoms with E-state index in [9.17, 15) is 0 Å². The maximum absolute atomic E-state index is 8.65. The quantitative estimate of drug-likeness (QED) is 0.333. The first-order valence-corrected chi connectivity index (χ1v) is 5.88. The average Bonchev–Trinajstić information content (AvgIpc) is 2.45. The third-order valence-corrected chi connectivity index (χ3v) is 2.74. The van der Waals surface area contributed by atoms with Gasteiger partial charge in [0.1, 0.15) is 0 Å². The van der Waals surface area contributed by atoms with Gasteiger partial charge in [0.15, 0.2) is 0 Å². The van der Waals surface area contributed by atoms with Crippen LogP contribution in [0.3, 0.4) is 0 Å². The van der Waals surface area contributed by atoms with Gasteiger partial charge in [-0.05, 0) is 24.3 Å². The van der Waals surface area contributed by atoms with Gasteiger partial charge in [0.25, 0.3) is 0 Å². The number of nitrogens with two attached hydrogens (primary N) is 2. The van der Waals surface area contributed by atoms with E-state index in [1.165, 1.54) is 0 Å². The summed E-state index contributed by atoms with van der Waals surface area (Å²) in [4.78, 5) is 13.5. The summed E-state index contributed by atoms with van der Waals surface area (Å²) in [6.07, 6.45) is 0. The lowest BCUT2D eigenvalue weighted by Gasteiger charge is -2.17. The molecule has 1 aromatic heterocycles. The van der Waals surface area contributed by atoms with Gasteiger partial charge < -0.3 is 21.6 Å². The highest BCUT2D eigenvalue weighted by Crippen LogP contribution is 2.22. The summed E-state index contributed by atoms with van der Waals surface area (Å²) in [7, 11) is 1.74. The second-order valence-electron chi connectivity index (χ2n) is 3.84. The summed E-state index contributed by atoms with van der Waals surface area (Å²) in [5.41, 5.74) is 11.8. The fraction of sp³-hybridized carbons (Fsp3) is 0.0909. The molecule has 9 heteroatoms. The number of hydrogen-bond acceptors (Lipinski definition) is 7. The van der Waals surface area contributed by atoms with Crippen LogP contribution >= 0.6 is 11.6 Å². The molecule has 0 aliphatic heterocycles. The Morgan fingerprint density at radius 2 is 1.90 bits per heavy atom. The number of amidine groups is 1. The molecule has 0 radical (unpaired) electrons. The van der Waals surface area contributed by atoms with Gasteiger partial charge in [0.2, 0.25) is 23.6 Å². The van der Waals surface area contributed by atoms with Gasteiger partial charge in [-0.2, -0.15) is 15.0 Å². The van der Waals surface area contributed by atoms with E-state index < -0.39 is 0 Å². The Kier molecular flexibility index (Phi) is 3.85. The highest BCUT2D eigenvalue weighted by Gasteiger charge is 2.13. The highest BCUT2D eigenvalue weighted by molar-refractivity contribution is 6.30. The van der Waals surface area contributed by atoms with Gasteiger partial charge in [-0.15, -0.1) is 0 Å². The van der Waals surface area contributed by atoms with Crippen molar-refractivity contribution in [1.29, 1.82) is 0 Å². The summed E-state index contributed by atoms with van der Waals surface area (Å²) in [6, 6.07) is 7.07. The van der Waals surface area contributed by atoms with Gasteiger partial charge in [-0.1, -0.05) is 16.8 Å². The lowest BCUT2D eigenvalue weighted by atomic mass is 10.3. The first kappa shape index (κ1) is 13.8. The van der Waals surface area contributed by atoms with Crippen molar-refractivity contribution in [2.24, 2.45) is 10.9 Å². The van der Waals surface area contributed by atoms with Crippen molar-refractivity contribution in [3.8, 4) is 0 Å². The predicted octanol–water partition coefficient (Wildman–Crippen LogP) is 0.970. The first-order chi connectivity index (χ1) is 9.51. The van der Waals surface area contributed by atoms with E-state index in [0.29, 0.717) is 5.02 Å². The normalized spacial score (nSPS) is 11.4. The average molecular weight is 294 g/mol. The zero-order chi connectivity index (χ0) is 14.7. The molecule has 0 saturated heterocycles. The van der Waals surface area contributed by atoms with Crippen molar-refractivity contribution in [3.63, 3.8) is 0 Å². The van der Waals surface area contributed by atoms with Gasteiger partial charge in [0.05, 0.1) is 0 Å². The van der Waals surface area contributed by atoms with E-state index in [1.807, 2.05) is 0 Å². The lowest BCUT2D eigenvalue weighted by Crippen LogP contribution is -2.22. The summed E-state index contributed by atoms with van der Waals surface area (Å²) in [5, 5.41) is 12.1. The number of aromatic nitrogens is 3. The van der Waals surface area contributed by atoms with Crippen molar-refractivity contribution in [2.45, 2.75) is 0 Å². The number of nitrogen functional groups attached to an aromatic ring is 1. The van der Waals surface area contributed by atoms with E-state index in [0.717, 1.165) is 5.69 Å². The van der Waals surface area contributed by atoms with Crippen molar-refractivity contribution < 1.29 is 5.21 Å². The Bertz CT molecular complexity index is 644. The van der Waals surface area contributed by atoms with E-state index in [4.69, 9.17) is 28.3 Å². The van der Waals surface area contributed by atoms with Crippen molar-refractivity contribution in [1.82, 2.24) is 15.0 Å². The molecule has 1 heterocycles. The van der Waals surface area contributed by atoms with Crippen LogP contribution in [0.2, 0.25) is 5.02 Å². The van der Waals surface area contributed by atoms with Crippen LogP contribution in [0.5, 0.6) is 0 Å². The summed E-state index contributed by atoms with van der Waals surface area (Å²) in [6.45, 7) is 0. The van der Waals surface area contributed by atoms with Crippen LogP contribution in [0.15, 0.2) is 29.4 Å². The van der Waals surface area contributed by atoms with E-state index in [-0.39, 0.29) is 23.6 Å². The molecule has 2 aromatic rings. The largest absolute Gasteiger partial charge is 0.409 e. The summed E-state index contributed by atoms with van der Waals surface area (Å²) in [5.74, 6) is -0.0143. The number of benzene rings is 1. The maximum atomic E-state index is 8.65. The standard InChI is InChI=1S/C11H12ClN7O/c1-19(7-4-2-6(12)3-5-7)11-16-9(8(13)18-20)15-10(14)17-11/h2-5,20H,1H3,(H2,13,18)(H2,14,15,16,17). The molecule has 0 spiro atoms. The molecule has 0 aliphatic rings. The molecule has 0 amide bonds. The molecule has 0 saturated carbocycles. The molecule has 20 heavy (non-hydrogen) atoms. The van der Waals surface area contributed by atoms with Crippen LogP contribution in [0.4, 0.5) is 17.6 Å². The molecular formula is C11H12ClN7O. The Morgan fingerprint density at radius 1 is 1.25 bits per heavy atom. The Balaban J connectivity index is 2.41. The molecule has 0 aliphatic carbocycles. The lowest BCUT2D eigenvalue weighted by molar-refractivity contribution is 0.318. The van der Waals surface area contributed by atoms with Crippen molar-refractivity contribution in [2.75, 3.05) is 17.7 Å². The third-order valence-electron chi connectivity index (χ3n) is 2.49. The van der Waals surface area contributed by atoms with E-state index in [1.54, 1.807) is 36.2 Å². The molecule has 0 bridgehead atoms. The number of oxime groups is 1. The third kappa shape index (κ3) is 2.86. The number of nitrogens with zero attached hydrogens (tertiary/aromatic N) is 5. The molecular weight excluding hydrogens is 282 g/mol. The maximum Gasteiger partial charge on any atom is 0.235 e. The van der Waals surface area contributed by atoms with Crippen molar-refractivity contribution in [3.05, 3.63) is 35.1 Å². The summed E-state index contributed by atoms with van der Waals surface area (Å²) < 4.78 is 0. The Labute approximate surface area is 119 Å². The molecule has 2 rings (SSSR count). The predicted molar refractivity (Wildman–Crippen MR) is 76.3 cm³/mol. The zero-order valence-corrected chi connectivity index (χ0v) is 11.3. The monoisotopic (exact) mass is 293 g/mol. The van der Waals surface area contributed by atoms with Gasteiger partial charge in [0, 0.05) is 17.8 Å². The zero-order valence-electron chi connectivity index (χ0n) is 10.5. The minimum Gasteiger partial charge on any atom is -0.409 e. The first-order valence-electron chi connectivity index (χ1n) is 5.50. The van der Waals surface area contributed by atoms with Crippen molar-refractivity contribution >= 4 is 35.0 Å². The number of hydrogen-bond donors (Lipinski definition) is 3. The summed E-state index contributed by atoms with van der Waals surface area (Å²) >= 11 is 5.83. The van der Waals surface area contributed by atoms with E-state index in [2.05, 4.69) is 20.1 Å². The molecule has 0 fully saturated rings. The fourth-order valence-corrected chi connectivity index (χ4v) is 1.60. The smallest absolute Gasteiger partial charge is 0.235 e. The Morgan fingerprint density at radius 3 is 2.50 bits per heavy atom. The van der Waals surface area contributed by atoms with E-state index >= 15 is 0 Å². The SMILES string of the molecule is CN(c1ccc(Cl)cc1)c1nc(N)nc(C(N)=NO)n1. The molecule has 1 aromatic carbocycles. The second kappa shape index (κ2) is 5.57. The fourth-order valence-electron chi connectivity index (χ4n) is 1.47. The van der Waals surface area contributed by atoms with Gasteiger partial charge >= 0.3 is 0 Å². The molecule has 8 nitrogen and oxygen atoms in total. The van der Waals surface area contributed by atoms with Gasteiger partial charge in [-0.25, -0.2) is 0 Å². The topological polar surface area (TPSA) is 127 Å². The van der Waals surface area contributed by atoms with Crippen LogP contribution in [-0.2, 0) is 0 Å². The van der Waals surface area contributed by atoms with Crippen LogP contribution in [0, 0.1) is 0 Å². The van der Waals surface area contributed by atoms with Crippen LogP contribution in [0.1, 0.15) is 5.82 Å². The number of anilines is 3. The van der Waals surface area contributed by atoms with Crippen LogP contribution in [-0.4, -0.2) is 33.0 Å². The van der Waals surface area contributed by atoms with Crippen LogP contribution < -0.4 is 16.4 Å². The number of halogens is 1. The minimum absolute atomic E-state index is 0.00388. The molecule has 5 N–H and O–H groups in total. The minimum atomic E-state index is -0.246. The highest BCUT2D eigenvalue weighted by atomic mass is 35.5. The molecule has 0 atom stereocenters. The van der Waals surface area contributed by atoms with Crippen LogP contribution in [0.25, 0.3) is 0 Å². The molecule has 0 unspecified atom stereocenters. The molecule has 104 valence electrons. The number of rotatable bonds is 3. The Hall–Kier alpha value is -2.61. The van der Waals surface area contributed by atoms with Gasteiger partial charge in [-0.3, -0.25) is 0 Å².